The maximum atomic E-state index is 13.1. The highest BCUT2D eigenvalue weighted by atomic mass is 16.5. The number of nitrogens with one attached hydrogen (secondary N) is 1. The van der Waals surface area contributed by atoms with E-state index >= 15 is 0 Å². The summed E-state index contributed by atoms with van der Waals surface area (Å²) >= 11 is 0. The number of amides is 1. The van der Waals surface area contributed by atoms with Gasteiger partial charge in [-0.25, -0.2) is 4.79 Å². The van der Waals surface area contributed by atoms with E-state index in [0.717, 1.165) is 16.0 Å². The summed E-state index contributed by atoms with van der Waals surface area (Å²) in [6.07, 6.45) is 0.530. The standard InChI is InChI=1S/C24H24N2O7/c27-12-11-19-24(23(30)31,26-20(28)14-21(26)33-19)25-18(13-16-7-3-1-4-8-16)22(29)32-15-17-9-5-2-6-10-17/h1-11,18,21,25,27H,12-15H2,(H,30,31)/b19-11-/t18?,21-,24-/m1/s1. The van der Waals surface area contributed by atoms with Gasteiger partial charge in [-0.2, -0.15) is 0 Å². The summed E-state index contributed by atoms with van der Waals surface area (Å²) in [7, 11) is 0. The number of carboxylic acids is 1. The normalized spacial score (nSPS) is 23.4. The van der Waals surface area contributed by atoms with Crippen LogP contribution in [0.25, 0.3) is 0 Å². The van der Waals surface area contributed by atoms with Crippen LogP contribution in [-0.2, 0) is 36.9 Å². The molecule has 2 fully saturated rings. The van der Waals surface area contributed by atoms with Crippen molar-refractivity contribution in [2.75, 3.05) is 6.61 Å². The van der Waals surface area contributed by atoms with E-state index in [4.69, 9.17) is 9.47 Å². The molecule has 2 aromatic carbocycles. The van der Waals surface area contributed by atoms with E-state index in [1.807, 2.05) is 36.4 Å². The van der Waals surface area contributed by atoms with Gasteiger partial charge in [0.05, 0.1) is 13.0 Å². The highest BCUT2D eigenvalue weighted by molar-refractivity contribution is 5.94. The minimum Gasteiger partial charge on any atom is -0.478 e. The third-order valence-electron chi connectivity index (χ3n) is 5.65. The molecule has 2 aliphatic rings. The number of hydrogen-bond acceptors (Lipinski definition) is 7. The minimum atomic E-state index is -2.13. The Kier molecular flexibility index (Phi) is 6.43. The van der Waals surface area contributed by atoms with Gasteiger partial charge in [-0.1, -0.05) is 60.7 Å². The number of hydrogen-bond donors (Lipinski definition) is 3. The number of aliphatic carboxylic acids is 1. The first-order chi connectivity index (χ1) is 16.0. The Labute approximate surface area is 190 Å². The molecule has 9 nitrogen and oxygen atoms in total. The molecular weight excluding hydrogens is 428 g/mol. The largest absolute Gasteiger partial charge is 0.478 e. The lowest BCUT2D eigenvalue weighted by Crippen LogP contribution is -2.71. The molecule has 3 atom stereocenters. The summed E-state index contributed by atoms with van der Waals surface area (Å²) in [4.78, 5) is 39.1. The predicted molar refractivity (Wildman–Crippen MR) is 115 cm³/mol. The smallest absolute Gasteiger partial charge is 0.353 e. The number of rotatable bonds is 9. The molecule has 0 bridgehead atoms. The summed E-state index contributed by atoms with van der Waals surface area (Å²) in [6, 6.07) is 17.0. The van der Waals surface area contributed by atoms with E-state index in [1.165, 1.54) is 6.08 Å². The minimum absolute atomic E-state index is 0.00776. The molecule has 33 heavy (non-hydrogen) atoms. The number of carbonyl (C=O) groups is 3. The van der Waals surface area contributed by atoms with Crippen LogP contribution in [0.4, 0.5) is 0 Å². The zero-order chi connectivity index (χ0) is 23.4. The van der Waals surface area contributed by atoms with Crippen molar-refractivity contribution < 1.29 is 34.1 Å². The summed E-state index contributed by atoms with van der Waals surface area (Å²) < 4.78 is 11.1. The number of esters is 1. The molecule has 2 aliphatic heterocycles. The molecule has 2 saturated heterocycles. The second-order valence-corrected chi connectivity index (χ2v) is 7.79. The summed E-state index contributed by atoms with van der Waals surface area (Å²) in [5, 5.41) is 22.4. The van der Waals surface area contributed by atoms with Crippen molar-refractivity contribution in [2.24, 2.45) is 0 Å². The fourth-order valence-corrected chi connectivity index (χ4v) is 4.05. The molecule has 0 aromatic heterocycles. The van der Waals surface area contributed by atoms with Crippen LogP contribution in [0.3, 0.4) is 0 Å². The van der Waals surface area contributed by atoms with E-state index in [1.54, 1.807) is 24.3 Å². The zero-order valence-electron chi connectivity index (χ0n) is 17.7. The first-order valence-corrected chi connectivity index (χ1v) is 10.5. The Balaban J connectivity index is 1.65. The first kappa shape index (κ1) is 22.5. The molecule has 3 N–H and O–H groups in total. The van der Waals surface area contributed by atoms with Crippen LogP contribution in [0.5, 0.6) is 0 Å². The van der Waals surface area contributed by atoms with Crippen molar-refractivity contribution in [2.45, 2.75) is 37.4 Å². The number of ether oxygens (including phenoxy) is 2. The van der Waals surface area contributed by atoms with Gasteiger partial charge in [0.25, 0.3) is 5.66 Å². The second-order valence-electron chi connectivity index (χ2n) is 7.79. The van der Waals surface area contributed by atoms with Crippen molar-refractivity contribution in [3.05, 3.63) is 83.6 Å². The van der Waals surface area contributed by atoms with Crippen LogP contribution in [0.1, 0.15) is 17.5 Å². The highest BCUT2D eigenvalue weighted by Gasteiger charge is 2.66. The van der Waals surface area contributed by atoms with Crippen LogP contribution >= 0.6 is 0 Å². The van der Waals surface area contributed by atoms with E-state index < -0.39 is 42.4 Å². The van der Waals surface area contributed by atoms with E-state index in [9.17, 15) is 24.6 Å². The predicted octanol–water partition coefficient (Wildman–Crippen LogP) is 1.18. The van der Waals surface area contributed by atoms with Crippen LogP contribution in [-0.4, -0.2) is 57.5 Å². The van der Waals surface area contributed by atoms with Gasteiger partial charge >= 0.3 is 11.9 Å². The third-order valence-corrected chi connectivity index (χ3v) is 5.65. The number of carboxylic acid groups (broad SMARTS) is 1. The third kappa shape index (κ3) is 4.33. The molecule has 0 aliphatic carbocycles. The topological polar surface area (TPSA) is 125 Å². The lowest BCUT2D eigenvalue weighted by atomic mass is 9.97. The molecule has 1 amide bonds. The molecule has 0 radical (unpaired) electrons. The van der Waals surface area contributed by atoms with Gasteiger partial charge in [-0.15, -0.1) is 0 Å². The van der Waals surface area contributed by atoms with E-state index in [-0.39, 0.29) is 25.2 Å². The zero-order valence-corrected chi connectivity index (χ0v) is 17.7. The Hall–Kier alpha value is -3.69. The van der Waals surface area contributed by atoms with Gasteiger partial charge in [-0.3, -0.25) is 19.8 Å². The van der Waals surface area contributed by atoms with Gasteiger partial charge in [-0.05, 0) is 23.6 Å². The van der Waals surface area contributed by atoms with Gasteiger partial charge < -0.3 is 19.7 Å². The molecule has 0 saturated carbocycles. The van der Waals surface area contributed by atoms with Crippen molar-refractivity contribution in [3.63, 3.8) is 0 Å². The number of nitrogens with zero attached hydrogens (tertiary/aromatic N) is 1. The number of carbonyl (C=O) groups excluding carboxylic acids is 2. The van der Waals surface area contributed by atoms with Gasteiger partial charge in [0.2, 0.25) is 5.91 Å². The number of aliphatic hydroxyl groups excluding tert-OH is 1. The van der Waals surface area contributed by atoms with Gasteiger partial charge in [0, 0.05) is 0 Å². The van der Waals surface area contributed by atoms with E-state index in [2.05, 4.69) is 5.32 Å². The molecule has 1 unspecified atom stereocenters. The molecular formula is C24H24N2O7. The van der Waals surface area contributed by atoms with E-state index in [0.29, 0.717) is 0 Å². The molecule has 9 heteroatoms. The first-order valence-electron chi connectivity index (χ1n) is 10.5. The summed E-state index contributed by atoms with van der Waals surface area (Å²) in [5.74, 6) is -2.68. The SMILES string of the molecule is O=C(OCc1ccccc1)C(Cc1ccccc1)N[C@]1(C(=O)O)/C(=C/CO)O[C@@H]2CC(=O)N21. The second kappa shape index (κ2) is 9.43. The maximum absolute atomic E-state index is 13.1. The Morgan fingerprint density at radius 3 is 2.36 bits per heavy atom. The maximum Gasteiger partial charge on any atom is 0.353 e. The summed E-state index contributed by atoms with van der Waals surface area (Å²) in [5.41, 5.74) is -0.584. The summed E-state index contributed by atoms with van der Waals surface area (Å²) in [6.45, 7) is -0.490. The molecule has 4 rings (SSSR count). The van der Waals surface area contributed by atoms with Crippen molar-refractivity contribution in [3.8, 4) is 0 Å². The van der Waals surface area contributed by atoms with Crippen LogP contribution < -0.4 is 5.32 Å². The van der Waals surface area contributed by atoms with Gasteiger partial charge in [0.1, 0.15) is 18.4 Å². The fourth-order valence-electron chi connectivity index (χ4n) is 4.05. The fraction of sp³-hybridized carbons (Fsp3) is 0.292. The quantitative estimate of drug-likeness (QED) is 0.383. The number of β-lactam (4-membered cyclic amide) rings is 1. The number of benzene rings is 2. The monoisotopic (exact) mass is 452 g/mol. The molecule has 2 heterocycles. The average Bonchev–Trinajstić information content (AvgIpc) is 3.06. The number of fused-ring (bicyclic) bond motifs is 1. The highest BCUT2D eigenvalue weighted by Crippen LogP contribution is 2.43. The van der Waals surface area contributed by atoms with Crippen LogP contribution in [0.2, 0.25) is 0 Å². The Morgan fingerprint density at radius 1 is 1.15 bits per heavy atom. The van der Waals surface area contributed by atoms with Crippen LogP contribution in [0.15, 0.2) is 72.5 Å². The van der Waals surface area contributed by atoms with Crippen molar-refractivity contribution in [1.82, 2.24) is 10.2 Å². The Bertz CT molecular complexity index is 1060. The van der Waals surface area contributed by atoms with Crippen molar-refractivity contribution in [1.29, 1.82) is 0 Å². The van der Waals surface area contributed by atoms with Crippen molar-refractivity contribution >= 4 is 17.8 Å². The molecule has 0 spiro atoms. The average molecular weight is 452 g/mol. The molecule has 172 valence electrons. The van der Waals surface area contributed by atoms with Crippen LogP contribution in [0, 0.1) is 0 Å². The number of aliphatic hydroxyl groups is 1. The molecule has 2 aromatic rings. The Morgan fingerprint density at radius 2 is 1.79 bits per heavy atom. The lowest BCUT2D eigenvalue weighted by Gasteiger charge is -2.42. The lowest BCUT2D eigenvalue weighted by molar-refractivity contribution is -0.174. The van der Waals surface area contributed by atoms with Gasteiger partial charge in [0.15, 0.2) is 6.23 Å².